The second-order valence-electron chi connectivity index (χ2n) is 5.41. The number of hydrogen-bond donors (Lipinski definition) is 2. The summed E-state index contributed by atoms with van der Waals surface area (Å²) in [6, 6.07) is 4.08. The van der Waals surface area contributed by atoms with Crippen molar-refractivity contribution in [3.8, 4) is 0 Å². The molecule has 0 amide bonds. The summed E-state index contributed by atoms with van der Waals surface area (Å²) in [6.07, 6.45) is 0.368. The van der Waals surface area contributed by atoms with E-state index in [-0.39, 0.29) is 11.0 Å². The zero-order chi connectivity index (χ0) is 14.8. The molecule has 1 aromatic carbocycles. The third-order valence-corrected chi connectivity index (χ3v) is 3.33. The fourth-order valence-corrected chi connectivity index (χ4v) is 1.34. The largest absolute Gasteiger partial charge is 0.494 e. The molecule has 0 spiro atoms. The predicted octanol–water partition coefficient (Wildman–Crippen LogP) is 0.892. The molecule has 6 heteroatoms. The van der Waals surface area contributed by atoms with Gasteiger partial charge in [-0.25, -0.2) is 4.39 Å². The van der Waals surface area contributed by atoms with E-state index in [4.69, 9.17) is 4.65 Å². The topological polar surface area (TPSA) is 66.8 Å². The molecule has 0 aliphatic rings. The maximum atomic E-state index is 13.9. The van der Waals surface area contributed by atoms with Gasteiger partial charge in [-0.1, -0.05) is 12.1 Å². The van der Waals surface area contributed by atoms with E-state index < -0.39 is 24.1 Å². The van der Waals surface area contributed by atoms with Crippen molar-refractivity contribution in [2.45, 2.75) is 38.9 Å². The third-order valence-electron chi connectivity index (χ3n) is 3.33. The number of carbonyl (C=O) groups is 1. The quantitative estimate of drug-likeness (QED) is 0.615. The van der Waals surface area contributed by atoms with Crippen molar-refractivity contribution in [2.75, 3.05) is 0 Å². The van der Waals surface area contributed by atoms with E-state index in [0.29, 0.717) is 6.29 Å². The molecular weight excluding hydrogens is 250 g/mol. The maximum absolute atomic E-state index is 13.9. The number of halogens is 1. The van der Waals surface area contributed by atoms with E-state index in [1.54, 1.807) is 13.8 Å². The molecule has 1 aromatic rings. The second kappa shape index (κ2) is 5.40. The van der Waals surface area contributed by atoms with Gasteiger partial charge in [0.2, 0.25) is 0 Å². The maximum Gasteiger partial charge on any atom is 0.494 e. The van der Waals surface area contributed by atoms with Gasteiger partial charge in [0.05, 0.1) is 11.2 Å². The number of aliphatic hydroxyl groups is 1. The van der Waals surface area contributed by atoms with Gasteiger partial charge in [-0.2, -0.15) is 0 Å². The van der Waals surface area contributed by atoms with Crippen molar-refractivity contribution in [3.63, 3.8) is 0 Å². The van der Waals surface area contributed by atoms with Crippen LogP contribution in [-0.4, -0.2) is 34.7 Å². The van der Waals surface area contributed by atoms with E-state index in [0.717, 1.165) is 0 Å². The van der Waals surface area contributed by atoms with Gasteiger partial charge in [-0.05, 0) is 33.8 Å². The first kappa shape index (κ1) is 15.8. The molecule has 1 rings (SSSR count). The van der Waals surface area contributed by atoms with E-state index in [2.05, 4.69) is 0 Å². The van der Waals surface area contributed by atoms with Crippen molar-refractivity contribution in [2.24, 2.45) is 0 Å². The lowest BCUT2D eigenvalue weighted by molar-refractivity contribution is -0.0983. The van der Waals surface area contributed by atoms with Crippen LogP contribution in [0.3, 0.4) is 0 Å². The average molecular weight is 268 g/mol. The summed E-state index contributed by atoms with van der Waals surface area (Å²) in [6.45, 7) is 6.21. The van der Waals surface area contributed by atoms with E-state index >= 15 is 0 Å². The molecule has 0 aliphatic heterocycles. The Bertz CT molecular complexity index is 468. The molecule has 0 saturated carbocycles. The highest BCUT2D eigenvalue weighted by Crippen LogP contribution is 2.25. The number of benzene rings is 1. The standard InChI is InChI=1S/C13H18BFO4/c1-12(2,17)13(3,4)19-14(18)10-7-5-6-9(8-16)11(10)15/h5-8,17-18H,1-4H3. The normalized spacial score (nSPS) is 12.4. The van der Waals surface area contributed by atoms with Gasteiger partial charge in [-0.15, -0.1) is 0 Å². The zero-order valence-corrected chi connectivity index (χ0v) is 11.5. The van der Waals surface area contributed by atoms with Gasteiger partial charge in [0.15, 0.2) is 6.29 Å². The Labute approximate surface area is 112 Å². The minimum atomic E-state index is -1.57. The molecular formula is C13H18BFO4. The van der Waals surface area contributed by atoms with Crippen molar-refractivity contribution in [3.05, 3.63) is 29.6 Å². The minimum absolute atomic E-state index is 0.137. The van der Waals surface area contributed by atoms with Gasteiger partial charge < -0.3 is 14.8 Å². The summed E-state index contributed by atoms with van der Waals surface area (Å²) in [5.74, 6) is -0.823. The minimum Gasteiger partial charge on any atom is -0.423 e. The lowest BCUT2D eigenvalue weighted by Crippen LogP contribution is -2.53. The second-order valence-corrected chi connectivity index (χ2v) is 5.41. The van der Waals surface area contributed by atoms with Crippen molar-refractivity contribution in [1.82, 2.24) is 0 Å². The highest BCUT2D eigenvalue weighted by atomic mass is 19.1. The Kier molecular flexibility index (Phi) is 4.50. The van der Waals surface area contributed by atoms with Crippen LogP contribution in [0.15, 0.2) is 18.2 Å². The Morgan fingerprint density at radius 2 is 1.89 bits per heavy atom. The Balaban J connectivity index is 3.03. The SMILES string of the molecule is CC(C)(O)C(C)(C)OB(O)c1cccc(C=O)c1F. The van der Waals surface area contributed by atoms with Crippen LogP contribution in [-0.2, 0) is 4.65 Å². The summed E-state index contributed by atoms with van der Waals surface area (Å²) in [5, 5.41) is 19.9. The first-order valence-corrected chi connectivity index (χ1v) is 5.92. The molecule has 0 aliphatic carbocycles. The van der Waals surface area contributed by atoms with Crippen LogP contribution in [0.25, 0.3) is 0 Å². The third kappa shape index (κ3) is 3.40. The van der Waals surface area contributed by atoms with E-state index in [9.17, 15) is 19.3 Å². The molecule has 2 N–H and O–H groups in total. The molecule has 0 radical (unpaired) electrons. The predicted molar refractivity (Wildman–Crippen MR) is 70.9 cm³/mol. The number of aldehydes is 1. The van der Waals surface area contributed by atoms with Crippen LogP contribution < -0.4 is 5.46 Å². The van der Waals surface area contributed by atoms with Gasteiger partial charge in [0.1, 0.15) is 5.82 Å². The van der Waals surface area contributed by atoms with Crippen LogP contribution in [0.4, 0.5) is 4.39 Å². The highest BCUT2D eigenvalue weighted by Gasteiger charge is 2.40. The molecule has 4 nitrogen and oxygen atoms in total. The lowest BCUT2D eigenvalue weighted by Gasteiger charge is -2.38. The summed E-state index contributed by atoms with van der Waals surface area (Å²) >= 11 is 0. The first-order chi connectivity index (χ1) is 8.60. The molecule has 104 valence electrons. The summed E-state index contributed by atoms with van der Waals surface area (Å²) in [7, 11) is -1.57. The number of hydrogen-bond acceptors (Lipinski definition) is 4. The van der Waals surface area contributed by atoms with Gasteiger partial charge >= 0.3 is 7.12 Å². The van der Waals surface area contributed by atoms with E-state index in [1.807, 2.05) is 0 Å². The smallest absolute Gasteiger partial charge is 0.423 e. The fraction of sp³-hybridized carbons (Fsp3) is 0.462. The highest BCUT2D eigenvalue weighted by molar-refractivity contribution is 6.60. The number of carbonyl (C=O) groups excluding carboxylic acids is 1. The van der Waals surface area contributed by atoms with Gasteiger partial charge in [0.25, 0.3) is 0 Å². The van der Waals surface area contributed by atoms with Crippen LogP contribution in [0.2, 0.25) is 0 Å². The van der Waals surface area contributed by atoms with Crippen molar-refractivity contribution < 1.29 is 24.0 Å². The van der Waals surface area contributed by atoms with Crippen LogP contribution in [0.5, 0.6) is 0 Å². The fourth-order valence-electron chi connectivity index (χ4n) is 1.34. The molecule has 0 saturated heterocycles. The van der Waals surface area contributed by atoms with Crippen LogP contribution in [0, 0.1) is 5.82 Å². The molecule has 0 aromatic heterocycles. The first-order valence-electron chi connectivity index (χ1n) is 5.92. The summed E-state index contributed by atoms with van der Waals surface area (Å²) in [5.41, 5.74) is -2.62. The van der Waals surface area contributed by atoms with Crippen molar-refractivity contribution >= 4 is 18.9 Å². The lowest BCUT2D eigenvalue weighted by atomic mass is 9.75. The van der Waals surface area contributed by atoms with Crippen LogP contribution >= 0.6 is 0 Å². The molecule has 0 bridgehead atoms. The van der Waals surface area contributed by atoms with Crippen LogP contribution in [0.1, 0.15) is 38.1 Å². The van der Waals surface area contributed by atoms with Gasteiger partial charge in [0, 0.05) is 11.0 Å². The molecule has 0 heterocycles. The Morgan fingerprint density at radius 3 is 2.37 bits per heavy atom. The molecule has 19 heavy (non-hydrogen) atoms. The zero-order valence-electron chi connectivity index (χ0n) is 11.5. The summed E-state index contributed by atoms with van der Waals surface area (Å²) in [4.78, 5) is 10.6. The Morgan fingerprint density at radius 1 is 1.32 bits per heavy atom. The molecule has 0 fully saturated rings. The Hall–Kier alpha value is -1.24. The summed E-state index contributed by atoms with van der Waals surface area (Å²) < 4.78 is 19.2. The monoisotopic (exact) mass is 268 g/mol. The average Bonchev–Trinajstić information content (AvgIpc) is 2.27. The number of rotatable bonds is 5. The molecule has 0 atom stereocenters. The van der Waals surface area contributed by atoms with Gasteiger partial charge in [-0.3, -0.25) is 4.79 Å². The van der Waals surface area contributed by atoms with Crippen molar-refractivity contribution in [1.29, 1.82) is 0 Å². The molecule has 0 unspecified atom stereocenters. The van der Waals surface area contributed by atoms with E-state index in [1.165, 1.54) is 32.0 Å².